The van der Waals surface area contributed by atoms with Crippen molar-refractivity contribution in [2.75, 3.05) is 38.1 Å². The number of esters is 1. The maximum Gasteiger partial charge on any atom is 0.337 e. The molecule has 2 amide bonds. The van der Waals surface area contributed by atoms with Crippen LogP contribution in [0.25, 0.3) is 0 Å². The first-order valence-electron chi connectivity index (χ1n) is 8.98. The lowest BCUT2D eigenvalue weighted by Gasteiger charge is -2.20. The largest absolute Gasteiger partial charge is 0.497 e. The molecule has 0 bridgehead atoms. The summed E-state index contributed by atoms with van der Waals surface area (Å²) < 4.78 is 15.2. The van der Waals surface area contributed by atoms with Gasteiger partial charge in [-0.05, 0) is 36.4 Å². The van der Waals surface area contributed by atoms with Gasteiger partial charge in [-0.25, -0.2) is 4.79 Å². The Balaban J connectivity index is 1.71. The average Bonchev–Trinajstić information content (AvgIpc) is 3.14. The molecule has 1 unspecified atom stereocenters. The third-order valence-corrected chi connectivity index (χ3v) is 4.75. The quantitative estimate of drug-likeness (QED) is 0.752. The van der Waals surface area contributed by atoms with E-state index in [0.29, 0.717) is 28.4 Å². The Morgan fingerprint density at radius 3 is 2.38 bits per heavy atom. The van der Waals surface area contributed by atoms with Gasteiger partial charge in [0.15, 0.2) is 0 Å². The summed E-state index contributed by atoms with van der Waals surface area (Å²) in [5.74, 6) is -0.289. The van der Waals surface area contributed by atoms with Crippen LogP contribution in [0.4, 0.5) is 11.4 Å². The summed E-state index contributed by atoms with van der Waals surface area (Å²) in [4.78, 5) is 38.2. The Hall–Kier alpha value is -3.55. The van der Waals surface area contributed by atoms with Gasteiger partial charge < -0.3 is 24.4 Å². The first kappa shape index (κ1) is 20.2. The number of hydrogen-bond donors (Lipinski definition) is 1. The molecule has 1 aliphatic rings. The van der Waals surface area contributed by atoms with Crippen LogP contribution in [0.15, 0.2) is 42.5 Å². The van der Waals surface area contributed by atoms with Crippen molar-refractivity contribution in [3.8, 4) is 11.5 Å². The van der Waals surface area contributed by atoms with Crippen molar-refractivity contribution in [1.29, 1.82) is 0 Å². The number of ether oxygens (including phenoxy) is 3. The van der Waals surface area contributed by atoms with Crippen LogP contribution in [-0.4, -0.2) is 45.7 Å². The Labute approximate surface area is 168 Å². The summed E-state index contributed by atoms with van der Waals surface area (Å²) in [5.41, 5.74) is 1.49. The summed E-state index contributed by atoms with van der Waals surface area (Å²) in [7, 11) is 4.37. The molecule has 1 aliphatic heterocycles. The van der Waals surface area contributed by atoms with Crippen molar-refractivity contribution in [2.24, 2.45) is 5.92 Å². The van der Waals surface area contributed by atoms with Gasteiger partial charge in [-0.2, -0.15) is 0 Å². The highest BCUT2D eigenvalue weighted by atomic mass is 16.5. The first-order chi connectivity index (χ1) is 14.0. The monoisotopic (exact) mass is 398 g/mol. The highest BCUT2D eigenvalue weighted by molar-refractivity contribution is 6.04. The molecule has 0 aliphatic carbocycles. The topological polar surface area (TPSA) is 94.2 Å². The molecular formula is C21H22N2O6. The molecule has 0 radical (unpaired) electrons. The van der Waals surface area contributed by atoms with Gasteiger partial charge in [0.25, 0.3) is 0 Å². The Morgan fingerprint density at radius 1 is 1.03 bits per heavy atom. The minimum absolute atomic E-state index is 0.0897. The van der Waals surface area contributed by atoms with Gasteiger partial charge in [0.05, 0.1) is 38.5 Å². The minimum atomic E-state index is -0.515. The lowest BCUT2D eigenvalue weighted by molar-refractivity contribution is -0.122. The second-order valence-electron chi connectivity index (χ2n) is 6.50. The SMILES string of the molecule is COC(=O)c1ccc(NC(=O)C2CC(=O)N(c3cc(OC)ccc3OC)C2)cc1. The molecule has 29 heavy (non-hydrogen) atoms. The van der Waals surface area contributed by atoms with E-state index in [0.717, 1.165) is 0 Å². The fraction of sp³-hybridized carbons (Fsp3) is 0.286. The summed E-state index contributed by atoms with van der Waals surface area (Å²) in [6.45, 7) is 0.231. The molecule has 1 atom stereocenters. The number of carbonyl (C=O) groups is 3. The summed E-state index contributed by atoms with van der Waals surface area (Å²) in [6.07, 6.45) is 0.0897. The normalized spacial score (nSPS) is 15.8. The van der Waals surface area contributed by atoms with E-state index in [9.17, 15) is 14.4 Å². The number of nitrogens with zero attached hydrogens (tertiary/aromatic N) is 1. The van der Waals surface area contributed by atoms with Crippen LogP contribution in [0.3, 0.4) is 0 Å². The maximum absolute atomic E-state index is 12.7. The van der Waals surface area contributed by atoms with Crippen LogP contribution in [0.2, 0.25) is 0 Å². The molecule has 8 nitrogen and oxygen atoms in total. The van der Waals surface area contributed by atoms with Crippen molar-refractivity contribution >= 4 is 29.2 Å². The van der Waals surface area contributed by atoms with Crippen LogP contribution in [-0.2, 0) is 14.3 Å². The molecule has 1 heterocycles. The van der Waals surface area contributed by atoms with E-state index >= 15 is 0 Å². The molecule has 152 valence electrons. The van der Waals surface area contributed by atoms with Gasteiger partial charge in [-0.3, -0.25) is 9.59 Å². The molecule has 0 saturated carbocycles. The van der Waals surface area contributed by atoms with Gasteiger partial charge in [0.2, 0.25) is 11.8 Å². The number of anilines is 2. The van der Waals surface area contributed by atoms with Crippen LogP contribution in [0, 0.1) is 5.92 Å². The van der Waals surface area contributed by atoms with Crippen molar-refractivity contribution in [2.45, 2.75) is 6.42 Å². The molecule has 1 saturated heterocycles. The zero-order valence-electron chi connectivity index (χ0n) is 16.4. The van der Waals surface area contributed by atoms with E-state index in [4.69, 9.17) is 9.47 Å². The zero-order valence-corrected chi connectivity index (χ0v) is 16.4. The van der Waals surface area contributed by atoms with Crippen LogP contribution < -0.4 is 19.7 Å². The Bertz CT molecular complexity index is 925. The molecule has 1 N–H and O–H groups in total. The van der Waals surface area contributed by atoms with E-state index in [1.165, 1.54) is 19.1 Å². The van der Waals surface area contributed by atoms with E-state index in [1.807, 2.05) is 0 Å². The van der Waals surface area contributed by atoms with Gasteiger partial charge in [0, 0.05) is 24.7 Å². The highest BCUT2D eigenvalue weighted by Gasteiger charge is 2.36. The van der Waals surface area contributed by atoms with Crippen molar-refractivity contribution in [3.05, 3.63) is 48.0 Å². The van der Waals surface area contributed by atoms with Crippen LogP contribution >= 0.6 is 0 Å². The van der Waals surface area contributed by atoms with Gasteiger partial charge in [0.1, 0.15) is 11.5 Å². The number of carbonyl (C=O) groups excluding carboxylic acids is 3. The molecular weight excluding hydrogens is 376 g/mol. The fourth-order valence-electron chi connectivity index (χ4n) is 3.18. The average molecular weight is 398 g/mol. The lowest BCUT2D eigenvalue weighted by atomic mass is 10.1. The second-order valence-corrected chi connectivity index (χ2v) is 6.50. The molecule has 0 aromatic heterocycles. The van der Waals surface area contributed by atoms with Gasteiger partial charge >= 0.3 is 5.97 Å². The number of methoxy groups -OCH3 is 3. The summed E-state index contributed by atoms with van der Waals surface area (Å²) in [6, 6.07) is 11.5. The molecule has 3 rings (SSSR count). The highest BCUT2D eigenvalue weighted by Crippen LogP contribution is 2.36. The number of nitrogens with one attached hydrogen (secondary N) is 1. The number of amides is 2. The number of hydrogen-bond acceptors (Lipinski definition) is 6. The van der Waals surface area contributed by atoms with Crippen molar-refractivity contribution in [3.63, 3.8) is 0 Å². The zero-order chi connectivity index (χ0) is 21.0. The molecule has 1 fully saturated rings. The first-order valence-corrected chi connectivity index (χ1v) is 8.98. The van der Waals surface area contributed by atoms with Crippen LogP contribution in [0.5, 0.6) is 11.5 Å². The predicted molar refractivity (Wildman–Crippen MR) is 106 cm³/mol. The van der Waals surface area contributed by atoms with Crippen molar-refractivity contribution < 1.29 is 28.6 Å². The number of rotatable bonds is 6. The van der Waals surface area contributed by atoms with E-state index in [1.54, 1.807) is 49.6 Å². The van der Waals surface area contributed by atoms with E-state index < -0.39 is 11.9 Å². The number of benzene rings is 2. The Morgan fingerprint density at radius 2 is 1.76 bits per heavy atom. The molecule has 8 heteroatoms. The molecule has 0 spiro atoms. The molecule has 2 aromatic rings. The summed E-state index contributed by atoms with van der Waals surface area (Å²) >= 11 is 0. The van der Waals surface area contributed by atoms with Gasteiger partial charge in [-0.15, -0.1) is 0 Å². The fourth-order valence-corrected chi connectivity index (χ4v) is 3.18. The minimum Gasteiger partial charge on any atom is -0.497 e. The third-order valence-electron chi connectivity index (χ3n) is 4.75. The third kappa shape index (κ3) is 4.31. The maximum atomic E-state index is 12.7. The van der Waals surface area contributed by atoms with Crippen molar-refractivity contribution in [1.82, 2.24) is 0 Å². The molecule has 2 aromatic carbocycles. The smallest absolute Gasteiger partial charge is 0.337 e. The Kier molecular flexibility index (Phi) is 6.01. The summed E-state index contributed by atoms with van der Waals surface area (Å²) in [5, 5.41) is 2.79. The van der Waals surface area contributed by atoms with Crippen LogP contribution in [0.1, 0.15) is 16.8 Å². The standard InChI is InChI=1S/C21H22N2O6/c1-27-16-8-9-18(28-2)17(11-16)23-12-14(10-19(23)24)20(25)22-15-6-4-13(5-7-15)21(26)29-3/h4-9,11,14H,10,12H2,1-3H3,(H,22,25). The van der Waals surface area contributed by atoms with E-state index in [2.05, 4.69) is 10.1 Å². The van der Waals surface area contributed by atoms with Gasteiger partial charge in [-0.1, -0.05) is 0 Å². The lowest BCUT2D eigenvalue weighted by Crippen LogP contribution is -2.28. The predicted octanol–water partition coefficient (Wildman–Crippen LogP) is 2.48. The van der Waals surface area contributed by atoms with E-state index in [-0.39, 0.29) is 24.8 Å². The second kappa shape index (κ2) is 8.64.